The van der Waals surface area contributed by atoms with Gasteiger partial charge in [0, 0.05) is 0 Å². The van der Waals surface area contributed by atoms with Crippen LogP contribution < -0.4 is 0 Å². The summed E-state index contributed by atoms with van der Waals surface area (Å²) in [6.07, 6.45) is -0.280. The van der Waals surface area contributed by atoms with Crippen LogP contribution in [-0.2, 0) is 0 Å². The summed E-state index contributed by atoms with van der Waals surface area (Å²) >= 11 is 2.13. The van der Waals surface area contributed by atoms with Crippen molar-refractivity contribution in [2.45, 2.75) is 17.9 Å². The topological polar surface area (TPSA) is 20.2 Å². The molecule has 0 heterocycles. The van der Waals surface area contributed by atoms with Gasteiger partial charge in [0.15, 0.2) is 0 Å². The Kier molecular flexibility index (Phi) is 3.99. The molecule has 0 aliphatic rings. The van der Waals surface area contributed by atoms with Crippen LogP contribution in [0.1, 0.15) is 12.5 Å². The molecule has 0 saturated carbocycles. The van der Waals surface area contributed by atoms with Crippen molar-refractivity contribution in [2.24, 2.45) is 0 Å². The molecule has 0 fully saturated rings. The summed E-state index contributed by atoms with van der Waals surface area (Å²) < 4.78 is 25.4. The Balaban J connectivity index is 2.86. The lowest BCUT2D eigenvalue weighted by molar-refractivity contribution is -0.00630. The van der Waals surface area contributed by atoms with Crippen molar-refractivity contribution in [3.63, 3.8) is 0 Å². The molecule has 1 N–H and O–H groups in total. The molecule has 1 aromatic carbocycles. The van der Waals surface area contributed by atoms with Gasteiger partial charge in [0.25, 0.3) is 0 Å². The zero-order chi connectivity index (χ0) is 11.5. The highest BCUT2D eigenvalue weighted by atomic mass is 79.9. The number of aliphatic hydroxyl groups is 1. The quantitative estimate of drug-likeness (QED) is 0.839. The molecule has 0 saturated heterocycles. The van der Waals surface area contributed by atoms with Crippen LogP contribution in [0, 0.1) is 0 Å². The van der Waals surface area contributed by atoms with Crippen LogP contribution in [0.15, 0.2) is 35.9 Å². The average molecular weight is 277 g/mol. The van der Waals surface area contributed by atoms with E-state index in [0.717, 1.165) is 5.56 Å². The second kappa shape index (κ2) is 4.86. The van der Waals surface area contributed by atoms with Gasteiger partial charge in [0.2, 0.25) is 0 Å². The van der Waals surface area contributed by atoms with E-state index in [2.05, 4.69) is 15.9 Å². The predicted octanol–water partition coefficient (Wildman–Crippen LogP) is 3.44. The van der Waals surface area contributed by atoms with Gasteiger partial charge in [-0.25, -0.2) is 0 Å². The van der Waals surface area contributed by atoms with Gasteiger partial charge < -0.3 is 5.11 Å². The van der Waals surface area contributed by atoms with Crippen molar-refractivity contribution >= 4 is 22.0 Å². The van der Waals surface area contributed by atoms with Crippen LogP contribution in [-0.4, -0.2) is 16.0 Å². The van der Waals surface area contributed by atoms with E-state index in [0.29, 0.717) is 0 Å². The van der Waals surface area contributed by atoms with E-state index < -0.39 is 10.9 Å². The maximum atomic E-state index is 12.7. The first-order valence-corrected chi connectivity index (χ1v) is 5.18. The molecule has 1 aromatic rings. The summed E-state index contributed by atoms with van der Waals surface area (Å²) in [5.41, 5.74) is 0.994. The van der Waals surface area contributed by atoms with Crippen LogP contribution in [0.4, 0.5) is 8.78 Å². The molecule has 0 aliphatic heterocycles. The Morgan fingerprint density at radius 3 is 2.40 bits per heavy atom. The molecule has 0 unspecified atom stereocenters. The lowest BCUT2D eigenvalue weighted by atomic mass is 10.1. The fourth-order valence-electron chi connectivity index (χ4n) is 1.15. The number of hydrogen-bond acceptors (Lipinski definition) is 1. The number of rotatable bonds is 3. The summed E-state index contributed by atoms with van der Waals surface area (Å²) in [4.78, 5) is -3.29. The minimum atomic E-state index is -3.29. The molecular formula is C11H11BrF2O. The second-order valence-electron chi connectivity index (χ2n) is 3.24. The third-order valence-corrected chi connectivity index (χ3v) is 2.37. The number of benzene rings is 1. The van der Waals surface area contributed by atoms with Crippen LogP contribution in [0.2, 0.25) is 0 Å². The Morgan fingerprint density at radius 1 is 1.40 bits per heavy atom. The van der Waals surface area contributed by atoms with Crippen molar-refractivity contribution in [1.82, 2.24) is 0 Å². The van der Waals surface area contributed by atoms with Gasteiger partial charge in [-0.3, -0.25) is 0 Å². The Labute approximate surface area is 95.6 Å². The van der Waals surface area contributed by atoms with Crippen LogP contribution >= 0.6 is 15.9 Å². The zero-order valence-corrected chi connectivity index (χ0v) is 9.71. The molecule has 0 aliphatic carbocycles. The van der Waals surface area contributed by atoms with Crippen molar-refractivity contribution < 1.29 is 13.9 Å². The predicted molar refractivity (Wildman–Crippen MR) is 60.0 cm³/mol. The van der Waals surface area contributed by atoms with E-state index in [-0.39, 0.29) is 5.57 Å². The summed E-state index contributed by atoms with van der Waals surface area (Å²) in [7, 11) is 0. The maximum Gasteiger partial charge on any atom is 0.330 e. The highest BCUT2D eigenvalue weighted by molar-refractivity contribution is 9.10. The summed E-state index contributed by atoms with van der Waals surface area (Å²) in [6, 6.07) is 9.00. The smallest absolute Gasteiger partial charge is 0.330 e. The standard InChI is InChI=1S/C11H11BrF2O/c1-8(10(15)11(12,13)14)7-9-5-3-2-4-6-9/h2-7,10,15H,1H3/b8-7+/t10-/m1/s1. The first kappa shape index (κ1) is 12.3. The third-order valence-electron chi connectivity index (χ3n) is 1.94. The minimum absolute atomic E-state index is 0.211. The molecule has 0 radical (unpaired) electrons. The van der Waals surface area contributed by atoms with E-state index in [1.54, 1.807) is 24.3 Å². The van der Waals surface area contributed by atoms with Crippen LogP contribution in [0.3, 0.4) is 0 Å². The van der Waals surface area contributed by atoms with Gasteiger partial charge in [-0.15, -0.1) is 0 Å². The molecule has 0 spiro atoms. The molecule has 4 heteroatoms. The van der Waals surface area contributed by atoms with Crippen LogP contribution in [0.5, 0.6) is 0 Å². The summed E-state index contributed by atoms with van der Waals surface area (Å²) in [5, 5.41) is 9.25. The second-order valence-corrected chi connectivity index (χ2v) is 4.30. The third kappa shape index (κ3) is 3.72. The Morgan fingerprint density at radius 2 is 1.93 bits per heavy atom. The highest BCUT2D eigenvalue weighted by Gasteiger charge is 2.35. The molecule has 1 rings (SSSR count). The van der Waals surface area contributed by atoms with Crippen molar-refractivity contribution in [1.29, 1.82) is 0 Å². The molecule has 1 atom stereocenters. The minimum Gasteiger partial charge on any atom is -0.381 e. The van der Waals surface area contributed by atoms with Gasteiger partial charge in [-0.1, -0.05) is 36.4 Å². The zero-order valence-electron chi connectivity index (χ0n) is 8.12. The molecule has 1 nitrogen and oxygen atoms in total. The highest BCUT2D eigenvalue weighted by Crippen LogP contribution is 2.30. The van der Waals surface area contributed by atoms with Crippen molar-refractivity contribution in [3.8, 4) is 0 Å². The number of aliphatic hydroxyl groups excluding tert-OH is 1. The SMILES string of the molecule is C/C(=C\c1ccccc1)[C@@H](O)C(F)(F)Br. The van der Waals surface area contributed by atoms with Crippen molar-refractivity contribution in [2.75, 3.05) is 0 Å². The Hall–Kier alpha value is -0.740. The fraction of sp³-hybridized carbons (Fsp3) is 0.273. The fourth-order valence-corrected chi connectivity index (χ4v) is 1.51. The summed E-state index contributed by atoms with van der Waals surface area (Å²) in [6.45, 7) is 1.47. The largest absolute Gasteiger partial charge is 0.381 e. The van der Waals surface area contributed by atoms with E-state index in [1.165, 1.54) is 13.0 Å². The van der Waals surface area contributed by atoms with Gasteiger partial charge in [0.05, 0.1) is 0 Å². The molecule has 15 heavy (non-hydrogen) atoms. The van der Waals surface area contributed by atoms with E-state index >= 15 is 0 Å². The maximum absolute atomic E-state index is 12.7. The van der Waals surface area contributed by atoms with E-state index in [1.807, 2.05) is 6.07 Å². The number of halogens is 3. The molecule has 0 amide bonds. The number of alkyl halides is 3. The molecule has 0 aromatic heterocycles. The van der Waals surface area contributed by atoms with Gasteiger partial charge in [-0.2, -0.15) is 8.78 Å². The molecule has 0 bridgehead atoms. The lowest BCUT2D eigenvalue weighted by Gasteiger charge is -2.16. The molecular weight excluding hydrogens is 266 g/mol. The average Bonchev–Trinajstić information content (AvgIpc) is 2.16. The normalized spacial score (nSPS) is 15.1. The molecule has 82 valence electrons. The number of hydrogen-bond donors (Lipinski definition) is 1. The van der Waals surface area contributed by atoms with Gasteiger partial charge >= 0.3 is 4.83 Å². The lowest BCUT2D eigenvalue weighted by Crippen LogP contribution is -2.27. The van der Waals surface area contributed by atoms with E-state index in [9.17, 15) is 13.9 Å². The first-order valence-electron chi connectivity index (χ1n) is 4.39. The summed E-state index contributed by atoms with van der Waals surface area (Å²) in [5.74, 6) is 0. The monoisotopic (exact) mass is 276 g/mol. The van der Waals surface area contributed by atoms with Gasteiger partial charge in [-0.05, 0) is 34.0 Å². The van der Waals surface area contributed by atoms with E-state index in [4.69, 9.17) is 0 Å². The Bertz CT molecular complexity index is 343. The van der Waals surface area contributed by atoms with Crippen molar-refractivity contribution in [3.05, 3.63) is 41.5 Å². The van der Waals surface area contributed by atoms with Gasteiger partial charge in [0.1, 0.15) is 6.10 Å². The first-order chi connectivity index (χ1) is 6.91. The van der Waals surface area contributed by atoms with Crippen LogP contribution in [0.25, 0.3) is 6.08 Å².